The number of thioether (sulfide) groups is 1. The molecule has 3 heteroatoms. The van der Waals surface area contributed by atoms with E-state index in [4.69, 9.17) is 0 Å². The Morgan fingerprint density at radius 1 is 1.47 bits per heavy atom. The van der Waals surface area contributed by atoms with Crippen LogP contribution in [-0.2, 0) is 0 Å². The molecule has 1 aliphatic rings. The molecular formula is C12H16FNS. The molecule has 2 rings (SSSR count). The van der Waals surface area contributed by atoms with Crippen LogP contribution in [0.5, 0.6) is 0 Å². The first-order valence-electron chi connectivity index (χ1n) is 5.36. The van der Waals surface area contributed by atoms with Crippen LogP contribution in [0.2, 0.25) is 0 Å². The number of halogens is 1. The number of rotatable bonds is 2. The number of hydrogen-bond donors (Lipinski definition) is 1. The fourth-order valence-corrected chi connectivity index (χ4v) is 2.88. The third-order valence-electron chi connectivity index (χ3n) is 2.64. The first-order valence-corrected chi connectivity index (χ1v) is 6.51. The van der Waals surface area contributed by atoms with Crippen molar-refractivity contribution < 1.29 is 4.39 Å². The van der Waals surface area contributed by atoms with Gasteiger partial charge in [-0.05, 0) is 43.2 Å². The van der Waals surface area contributed by atoms with E-state index in [0.717, 1.165) is 17.7 Å². The summed E-state index contributed by atoms with van der Waals surface area (Å²) in [5, 5.41) is 3.28. The highest BCUT2D eigenvalue weighted by Gasteiger charge is 2.14. The number of anilines is 1. The third-order valence-corrected chi connectivity index (χ3v) is 3.86. The minimum Gasteiger partial charge on any atom is -0.379 e. The molecule has 1 N–H and O–H groups in total. The van der Waals surface area contributed by atoms with Crippen molar-refractivity contribution in [3.05, 3.63) is 29.6 Å². The van der Waals surface area contributed by atoms with Crippen LogP contribution in [0.4, 0.5) is 10.1 Å². The van der Waals surface area contributed by atoms with Gasteiger partial charge in [-0.3, -0.25) is 0 Å². The van der Waals surface area contributed by atoms with Crippen LogP contribution in [0.15, 0.2) is 18.2 Å². The number of aryl methyl sites for hydroxylation is 1. The molecule has 1 nitrogen and oxygen atoms in total. The van der Waals surface area contributed by atoms with Gasteiger partial charge < -0.3 is 5.32 Å². The Labute approximate surface area is 94.5 Å². The largest absolute Gasteiger partial charge is 0.379 e. The fraction of sp³-hybridized carbons (Fsp3) is 0.500. The highest BCUT2D eigenvalue weighted by Crippen LogP contribution is 2.22. The second-order valence-corrected chi connectivity index (χ2v) is 5.19. The van der Waals surface area contributed by atoms with E-state index in [-0.39, 0.29) is 5.82 Å². The second-order valence-electron chi connectivity index (χ2n) is 4.04. The number of nitrogens with one attached hydrogen (secondary N) is 1. The van der Waals surface area contributed by atoms with E-state index in [9.17, 15) is 4.39 Å². The molecule has 1 saturated heterocycles. The van der Waals surface area contributed by atoms with Crippen LogP contribution >= 0.6 is 11.8 Å². The maximum absolute atomic E-state index is 13.5. The summed E-state index contributed by atoms with van der Waals surface area (Å²) in [6.45, 7) is 1.91. The molecule has 0 aliphatic carbocycles. The summed E-state index contributed by atoms with van der Waals surface area (Å²) < 4.78 is 13.5. The Balaban J connectivity index is 2.03. The van der Waals surface area contributed by atoms with Gasteiger partial charge in [0.15, 0.2) is 0 Å². The summed E-state index contributed by atoms with van der Waals surface area (Å²) >= 11 is 1.95. The molecule has 0 radical (unpaired) electrons. The van der Waals surface area contributed by atoms with Crippen LogP contribution in [-0.4, -0.2) is 17.5 Å². The van der Waals surface area contributed by atoms with Crippen LogP contribution in [0.1, 0.15) is 18.4 Å². The molecular weight excluding hydrogens is 209 g/mol. The van der Waals surface area contributed by atoms with Crippen molar-refractivity contribution in [1.82, 2.24) is 0 Å². The molecule has 1 unspecified atom stereocenters. The van der Waals surface area contributed by atoms with Gasteiger partial charge in [0, 0.05) is 11.8 Å². The number of benzene rings is 1. The summed E-state index contributed by atoms with van der Waals surface area (Å²) in [4.78, 5) is 0. The van der Waals surface area contributed by atoms with Gasteiger partial charge in [-0.2, -0.15) is 11.8 Å². The summed E-state index contributed by atoms with van der Waals surface area (Å²) in [5.74, 6) is 2.20. The molecule has 1 aromatic carbocycles. The lowest BCUT2D eigenvalue weighted by molar-refractivity contribution is 0.619. The molecule has 1 aliphatic heterocycles. The van der Waals surface area contributed by atoms with Crippen LogP contribution in [0.3, 0.4) is 0 Å². The molecule has 0 bridgehead atoms. The molecule has 1 atom stereocenters. The van der Waals surface area contributed by atoms with E-state index in [1.807, 2.05) is 30.8 Å². The van der Waals surface area contributed by atoms with Crippen molar-refractivity contribution in [3.63, 3.8) is 0 Å². The summed E-state index contributed by atoms with van der Waals surface area (Å²) in [7, 11) is 0. The topological polar surface area (TPSA) is 12.0 Å². The Hall–Kier alpha value is -0.700. The monoisotopic (exact) mass is 225 g/mol. The lowest BCUT2D eigenvalue weighted by atomic mass is 10.1. The van der Waals surface area contributed by atoms with E-state index in [1.54, 1.807) is 6.07 Å². The van der Waals surface area contributed by atoms with Crippen molar-refractivity contribution in [1.29, 1.82) is 0 Å². The van der Waals surface area contributed by atoms with E-state index in [1.165, 1.54) is 12.2 Å². The normalized spacial score (nSPS) is 21.3. The SMILES string of the molecule is Cc1ccc(NC2CCCSC2)c(F)c1. The van der Waals surface area contributed by atoms with Crippen LogP contribution in [0, 0.1) is 12.7 Å². The van der Waals surface area contributed by atoms with Crippen molar-refractivity contribution in [2.75, 3.05) is 16.8 Å². The zero-order chi connectivity index (χ0) is 10.7. The summed E-state index contributed by atoms with van der Waals surface area (Å²) in [6, 6.07) is 5.80. The minimum atomic E-state index is -0.134. The van der Waals surface area contributed by atoms with Gasteiger partial charge in [0.25, 0.3) is 0 Å². The van der Waals surface area contributed by atoms with Crippen molar-refractivity contribution >= 4 is 17.4 Å². The van der Waals surface area contributed by atoms with Gasteiger partial charge in [0.1, 0.15) is 5.82 Å². The van der Waals surface area contributed by atoms with Gasteiger partial charge in [-0.15, -0.1) is 0 Å². The van der Waals surface area contributed by atoms with Gasteiger partial charge in [-0.1, -0.05) is 6.07 Å². The quantitative estimate of drug-likeness (QED) is 0.827. The second kappa shape index (κ2) is 4.88. The number of hydrogen-bond acceptors (Lipinski definition) is 2. The molecule has 0 amide bonds. The molecule has 1 aromatic rings. The van der Waals surface area contributed by atoms with Gasteiger partial charge in [0.05, 0.1) is 5.69 Å². The van der Waals surface area contributed by atoms with Gasteiger partial charge in [-0.25, -0.2) is 4.39 Å². The molecule has 15 heavy (non-hydrogen) atoms. The predicted molar refractivity (Wildman–Crippen MR) is 65.1 cm³/mol. The van der Waals surface area contributed by atoms with E-state index >= 15 is 0 Å². The Morgan fingerprint density at radius 3 is 3.00 bits per heavy atom. The van der Waals surface area contributed by atoms with Crippen molar-refractivity contribution in [2.45, 2.75) is 25.8 Å². The standard InChI is InChI=1S/C12H16FNS/c1-9-4-5-12(11(13)7-9)14-10-3-2-6-15-8-10/h4-5,7,10,14H,2-3,6,8H2,1H3. The van der Waals surface area contributed by atoms with Gasteiger partial charge in [0.2, 0.25) is 0 Å². The Morgan fingerprint density at radius 2 is 2.33 bits per heavy atom. The molecule has 1 fully saturated rings. The average molecular weight is 225 g/mol. The first-order chi connectivity index (χ1) is 7.25. The minimum absolute atomic E-state index is 0.134. The first kappa shape index (κ1) is 10.8. The lowest BCUT2D eigenvalue weighted by Crippen LogP contribution is -2.26. The molecule has 0 aromatic heterocycles. The predicted octanol–water partition coefficient (Wildman–Crippen LogP) is 3.44. The Kier molecular flexibility index (Phi) is 3.52. The van der Waals surface area contributed by atoms with Crippen molar-refractivity contribution in [2.24, 2.45) is 0 Å². The van der Waals surface area contributed by atoms with Crippen LogP contribution in [0.25, 0.3) is 0 Å². The van der Waals surface area contributed by atoms with Crippen LogP contribution < -0.4 is 5.32 Å². The highest BCUT2D eigenvalue weighted by atomic mass is 32.2. The molecule has 0 spiro atoms. The fourth-order valence-electron chi connectivity index (χ4n) is 1.81. The maximum atomic E-state index is 13.5. The zero-order valence-corrected chi connectivity index (χ0v) is 9.74. The lowest BCUT2D eigenvalue weighted by Gasteiger charge is -2.23. The smallest absolute Gasteiger partial charge is 0.146 e. The Bertz CT molecular complexity index is 334. The molecule has 82 valence electrons. The zero-order valence-electron chi connectivity index (χ0n) is 8.92. The molecule has 1 heterocycles. The maximum Gasteiger partial charge on any atom is 0.146 e. The van der Waals surface area contributed by atoms with Crippen molar-refractivity contribution in [3.8, 4) is 0 Å². The highest BCUT2D eigenvalue weighted by molar-refractivity contribution is 7.99. The van der Waals surface area contributed by atoms with E-state index in [2.05, 4.69) is 5.32 Å². The third kappa shape index (κ3) is 2.88. The van der Waals surface area contributed by atoms with Gasteiger partial charge >= 0.3 is 0 Å². The summed E-state index contributed by atoms with van der Waals surface area (Å²) in [6.07, 6.45) is 2.39. The summed E-state index contributed by atoms with van der Waals surface area (Å²) in [5.41, 5.74) is 1.61. The van der Waals surface area contributed by atoms with E-state index in [0.29, 0.717) is 11.7 Å². The van der Waals surface area contributed by atoms with E-state index < -0.39 is 0 Å². The molecule has 0 saturated carbocycles. The average Bonchev–Trinajstić information content (AvgIpc) is 2.24.